The van der Waals surface area contributed by atoms with Gasteiger partial charge in [-0.05, 0) is 12.8 Å². The first-order chi connectivity index (χ1) is 5.34. The van der Waals surface area contributed by atoms with Crippen molar-refractivity contribution in [3.63, 3.8) is 0 Å². The number of hydroxylamine groups is 1. The van der Waals surface area contributed by atoms with Crippen molar-refractivity contribution < 1.29 is 10.0 Å². The van der Waals surface area contributed by atoms with Gasteiger partial charge in [-0.25, -0.2) is 10.3 Å². The minimum absolute atomic E-state index is 0.369. The maximum absolute atomic E-state index is 10.9. The molecule has 4 nitrogen and oxygen atoms in total. The predicted octanol–water partition coefficient (Wildman–Crippen LogP) is 0.961. The van der Waals surface area contributed by atoms with E-state index in [1.54, 1.807) is 10.4 Å². The zero-order valence-electron chi connectivity index (χ0n) is 6.55. The van der Waals surface area contributed by atoms with Gasteiger partial charge in [0, 0.05) is 13.1 Å². The van der Waals surface area contributed by atoms with Crippen LogP contribution in [0.3, 0.4) is 0 Å². The molecule has 0 aliphatic carbocycles. The Hall–Kier alpha value is -0.770. The van der Waals surface area contributed by atoms with Crippen molar-refractivity contribution >= 4 is 6.03 Å². The lowest BCUT2D eigenvalue weighted by Gasteiger charge is -2.18. The zero-order valence-corrected chi connectivity index (χ0v) is 6.55. The molecule has 0 saturated carbocycles. The van der Waals surface area contributed by atoms with Crippen molar-refractivity contribution in [1.29, 1.82) is 0 Å². The SMILES string of the molecule is O=C(NO)N1CCCCCC1. The Morgan fingerprint density at radius 1 is 1.18 bits per heavy atom. The molecule has 0 aromatic rings. The van der Waals surface area contributed by atoms with E-state index in [9.17, 15) is 4.79 Å². The first kappa shape index (κ1) is 8.33. The molecule has 0 aromatic carbocycles. The van der Waals surface area contributed by atoms with Crippen LogP contribution in [-0.2, 0) is 0 Å². The largest absolute Gasteiger partial charge is 0.341 e. The normalized spacial score (nSPS) is 19.2. The molecule has 0 unspecified atom stereocenters. The van der Waals surface area contributed by atoms with Crippen LogP contribution in [0.15, 0.2) is 0 Å². The molecule has 2 amide bonds. The van der Waals surface area contributed by atoms with Crippen LogP contribution in [0.4, 0.5) is 4.79 Å². The van der Waals surface area contributed by atoms with Crippen molar-refractivity contribution in [2.24, 2.45) is 0 Å². The molecule has 64 valence electrons. The van der Waals surface area contributed by atoms with Crippen molar-refractivity contribution in [3.05, 3.63) is 0 Å². The topological polar surface area (TPSA) is 52.6 Å². The highest BCUT2D eigenvalue weighted by atomic mass is 16.5. The van der Waals surface area contributed by atoms with E-state index < -0.39 is 0 Å². The van der Waals surface area contributed by atoms with Gasteiger partial charge in [-0.15, -0.1) is 0 Å². The maximum atomic E-state index is 10.9. The highest BCUT2D eigenvalue weighted by Gasteiger charge is 2.13. The third-order valence-electron chi connectivity index (χ3n) is 1.99. The Labute approximate surface area is 66.1 Å². The molecule has 2 N–H and O–H groups in total. The quantitative estimate of drug-likeness (QED) is 0.407. The number of carbonyl (C=O) groups is 1. The van der Waals surface area contributed by atoms with Crippen LogP contribution in [-0.4, -0.2) is 29.2 Å². The van der Waals surface area contributed by atoms with Gasteiger partial charge >= 0.3 is 6.03 Å². The molecule has 1 rings (SSSR count). The summed E-state index contributed by atoms with van der Waals surface area (Å²) < 4.78 is 0. The van der Waals surface area contributed by atoms with E-state index in [2.05, 4.69) is 0 Å². The number of nitrogens with one attached hydrogen (secondary N) is 1. The Morgan fingerprint density at radius 3 is 2.18 bits per heavy atom. The first-order valence-electron chi connectivity index (χ1n) is 4.03. The molecule has 1 saturated heterocycles. The van der Waals surface area contributed by atoms with Crippen LogP contribution in [0.25, 0.3) is 0 Å². The van der Waals surface area contributed by atoms with Crippen molar-refractivity contribution in [3.8, 4) is 0 Å². The molecule has 1 heterocycles. The summed E-state index contributed by atoms with van der Waals surface area (Å²) in [5.74, 6) is 0. The monoisotopic (exact) mass is 158 g/mol. The summed E-state index contributed by atoms with van der Waals surface area (Å²) in [7, 11) is 0. The molecule has 0 radical (unpaired) electrons. The molecule has 0 spiro atoms. The van der Waals surface area contributed by atoms with Crippen LogP contribution < -0.4 is 5.48 Å². The summed E-state index contributed by atoms with van der Waals surface area (Å²) in [5.41, 5.74) is 1.65. The zero-order chi connectivity index (χ0) is 8.10. The Morgan fingerprint density at radius 2 is 1.73 bits per heavy atom. The minimum Gasteiger partial charge on any atom is -0.323 e. The third-order valence-corrected chi connectivity index (χ3v) is 1.99. The second kappa shape index (κ2) is 4.18. The fraction of sp³-hybridized carbons (Fsp3) is 0.857. The molecule has 4 heteroatoms. The van der Waals surface area contributed by atoms with Crippen molar-refractivity contribution in [1.82, 2.24) is 10.4 Å². The van der Waals surface area contributed by atoms with E-state index in [0.717, 1.165) is 25.9 Å². The number of rotatable bonds is 0. The van der Waals surface area contributed by atoms with E-state index >= 15 is 0 Å². The summed E-state index contributed by atoms with van der Waals surface area (Å²) in [6.45, 7) is 1.54. The fourth-order valence-electron chi connectivity index (χ4n) is 1.34. The van der Waals surface area contributed by atoms with E-state index in [1.165, 1.54) is 12.8 Å². The van der Waals surface area contributed by atoms with E-state index in [4.69, 9.17) is 5.21 Å². The van der Waals surface area contributed by atoms with Crippen molar-refractivity contribution in [2.45, 2.75) is 25.7 Å². The van der Waals surface area contributed by atoms with Gasteiger partial charge in [-0.1, -0.05) is 12.8 Å². The van der Waals surface area contributed by atoms with Crippen LogP contribution in [0.1, 0.15) is 25.7 Å². The van der Waals surface area contributed by atoms with Gasteiger partial charge in [0.25, 0.3) is 0 Å². The van der Waals surface area contributed by atoms with Gasteiger partial charge in [0.1, 0.15) is 0 Å². The number of amides is 2. The van der Waals surface area contributed by atoms with Gasteiger partial charge in [0.2, 0.25) is 0 Å². The smallest absolute Gasteiger partial charge is 0.323 e. The number of carbonyl (C=O) groups excluding carboxylic acids is 1. The molecular weight excluding hydrogens is 144 g/mol. The van der Waals surface area contributed by atoms with Gasteiger partial charge in [-0.3, -0.25) is 5.21 Å². The Balaban J connectivity index is 2.36. The van der Waals surface area contributed by atoms with E-state index in [0.29, 0.717) is 0 Å². The summed E-state index contributed by atoms with van der Waals surface area (Å²) in [6, 6.07) is -0.369. The lowest BCUT2D eigenvalue weighted by atomic mass is 10.2. The number of likely N-dealkylation sites (tertiary alicyclic amines) is 1. The molecule has 0 atom stereocenters. The maximum Gasteiger partial charge on any atom is 0.341 e. The molecular formula is C7H14N2O2. The number of nitrogens with zero attached hydrogens (tertiary/aromatic N) is 1. The van der Waals surface area contributed by atoms with E-state index in [1.807, 2.05) is 0 Å². The molecule has 1 aliphatic rings. The van der Waals surface area contributed by atoms with Crippen LogP contribution in [0.2, 0.25) is 0 Å². The Kier molecular flexibility index (Phi) is 3.16. The Bertz CT molecular complexity index is 130. The number of urea groups is 1. The van der Waals surface area contributed by atoms with Gasteiger partial charge in [0.15, 0.2) is 0 Å². The van der Waals surface area contributed by atoms with Crippen molar-refractivity contribution in [2.75, 3.05) is 13.1 Å². The van der Waals surface area contributed by atoms with Crippen LogP contribution >= 0.6 is 0 Å². The third kappa shape index (κ3) is 2.38. The lowest BCUT2D eigenvalue weighted by molar-refractivity contribution is 0.130. The summed E-state index contributed by atoms with van der Waals surface area (Å²) >= 11 is 0. The highest BCUT2D eigenvalue weighted by Crippen LogP contribution is 2.08. The predicted molar refractivity (Wildman–Crippen MR) is 40.4 cm³/mol. The van der Waals surface area contributed by atoms with Crippen LogP contribution in [0, 0.1) is 0 Å². The van der Waals surface area contributed by atoms with Crippen LogP contribution in [0.5, 0.6) is 0 Å². The second-order valence-corrected chi connectivity index (χ2v) is 2.82. The number of hydrogen-bond acceptors (Lipinski definition) is 2. The lowest BCUT2D eigenvalue weighted by Crippen LogP contribution is -2.38. The standard InChI is InChI=1S/C7H14N2O2/c10-7(8-11)9-5-3-1-2-4-6-9/h11H,1-6H2,(H,8,10). The van der Waals surface area contributed by atoms with Gasteiger partial charge in [0.05, 0.1) is 0 Å². The first-order valence-corrected chi connectivity index (χ1v) is 4.03. The summed E-state index contributed by atoms with van der Waals surface area (Å²) in [4.78, 5) is 12.5. The molecule has 1 fully saturated rings. The fourth-order valence-corrected chi connectivity index (χ4v) is 1.34. The highest BCUT2D eigenvalue weighted by molar-refractivity contribution is 5.72. The molecule has 0 aromatic heterocycles. The average Bonchev–Trinajstić information content (AvgIpc) is 2.30. The molecule has 1 aliphatic heterocycles. The average molecular weight is 158 g/mol. The minimum atomic E-state index is -0.369. The molecule has 0 bridgehead atoms. The molecule has 11 heavy (non-hydrogen) atoms. The van der Waals surface area contributed by atoms with E-state index in [-0.39, 0.29) is 6.03 Å². The number of hydrogen-bond donors (Lipinski definition) is 2. The second-order valence-electron chi connectivity index (χ2n) is 2.82. The van der Waals surface area contributed by atoms with Gasteiger partial charge in [-0.2, -0.15) is 0 Å². The summed E-state index contributed by atoms with van der Waals surface area (Å²) in [6.07, 6.45) is 4.48. The van der Waals surface area contributed by atoms with Gasteiger partial charge < -0.3 is 4.90 Å². The summed E-state index contributed by atoms with van der Waals surface area (Å²) in [5, 5.41) is 8.34.